The van der Waals surface area contributed by atoms with Crippen molar-refractivity contribution in [1.82, 2.24) is 62.6 Å². The predicted molar refractivity (Wildman–Crippen MR) is 352 cm³/mol. The van der Waals surface area contributed by atoms with Crippen molar-refractivity contribution in [3.63, 3.8) is 0 Å². The molecule has 1 aromatic carbocycles. The van der Waals surface area contributed by atoms with Crippen molar-refractivity contribution in [3.8, 4) is 0 Å². The summed E-state index contributed by atoms with van der Waals surface area (Å²) < 4.78 is 0. The van der Waals surface area contributed by atoms with Gasteiger partial charge < -0.3 is 90.0 Å². The number of nitrogens with zero attached hydrogens (tertiary/aromatic N) is 3. The van der Waals surface area contributed by atoms with Gasteiger partial charge in [-0.25, -0.2) is 0 Å². The molecule has 4 bridgehead atoms. The highest BCUT2D eigenvalue weighted by atomic mass is 32.2. The number of carbonyl (C=O) groups excluding carboxylic acids is 14. The number of aliphatic hydroxyl groups is 2. The molecular weight excluding hydrogens is 1290 g/mol. The lowest BCUT2D eigenvalue weighted by atomic mass is 10.00. The van der Waals surface area contributed by atoms with Crippen molar-refractivity contribution >= 4 is 118 Å². The lowest BCUT2D eigenvalue weighted by Gasteiger charge is -2.34. The summed E-state index contributed by atoms with van der Waals surface area (Å²) in [6.45, 7) is 6.26. The SMILES string of the molecule is CC(C)C[C@@H]1NC(=O)[C@@H](NC(=O)[C@H](C)N)CSCc2cc3cc(c2)CSC[C@H](NC(=O)[C@@H]2CCCN2C(=O)[C@@H]2CCCN2C(=O)[C@H](CC(C)C)NC(=O)[C@H](CCC(N)=O)NC1=O)C(=O)N[C@@H](CO)C(=O)N[C@@H](CO)C(=O)N1CCC[C@H]1C(=O)N[C@H](C(=O)NCC(N)=O)CSC3. The molecule has 3 fully saturated rings. The molecule has 6 rings (SSSR count). The Balaban J connectivity index is 1.45. The third kappa shape index (κ3) is 22.4. The number of hydrogen-bond donors (Lipinski definition) is 14. The average Bonchev–Trinajstić information content (AvgIpc) is 1.76. The first-order valence-electron chi connectivity index (χ1n) is 32.1. The zero-order chi connectivity index (χ0) is 69.8. The fourth-order valence-electron chi connectivity index (χ4n) is 11.8. The minimum atomic E-state index is -1.78. The van der Waals surface area contributed by atoms with Gasteiger partial charge in [0.2, 0.25) is 82.7 Å². The van der Waals surface area contributed by atoms with Crippen LogP contribution in [-0.4, -0.2) is 237 Å². The molecule has 0 radical (unpaired) electrons. The summed E-state index contributed by atoms with van der Waals surface area (Å²) in [7, 11) is 0. The Bertz CT molecular complexity index is 3000. The second-order valence-electron chi connectivity index (χ2n) is 25.4. The van der Waals surface area contributed by atoms with Crippen molar-refractivity contribution < 1.29 is 77.3 Å². The molecule has 0 unspecified atom stereocenters. The number of rotatable bonds is 14. The molecule has 3 saturated heterocycles. The Morgan fingerprint density at radius 2 is 0.979 bits per heavy atom. The summed E-state index contributed by atoms with van der Waals surface area (Å²) in [6, 6.07) is -10.6. The first-order chi connectivity index (χ1) is 45.1. The molecule has 0 spiro atoms. The normalized spacial score (nSPS) is 27.5. The van der Waals surface area contributed by atoms with Gasteiger partial charge in [-0.2, -0.15) is 35.3 Å². The molecule has 34 heteroatoms. The fourth-order valence-corrected chi connectivity index (χ4v) is 14.8. The van der Waals surface area contributed by atoms with Crippen LogP contribution in [0.3, 0.4) is 0 Å². The lowest BCUT2D eigenvalue weighted by Crippen LogP contribution is -2.61. The summed E-state index contributed by atoms with van der Waals surface area (Å²) in [4.78, 5) is 200. The van der Waals surface area contributed by atoms with Crippen LogP contribution in [0.25, 0.3) is 0 Å². The van der Waals surface area contributed by atoms with Gasteiger partial charge in [-0.05, 0) is 93.2 Å². The number of nitrogens with one attached hydrogen (secondary N) is 9. The van der Waals surface area contributed by atoms with Crippen LogP contribution < -0.4 is 65.1 Å². The average molecular weight is 1390 g/mol. The van der Waals surface area contributed by atoms with Crippen LogP contribution in [0.1, 0.15) is 116 Å². The van der Waals surface area contributed by atoms with Crippen molar-refractivity contribution in [2.45, 2.75) is 189 Å². The van der Waals surface area contributed by atoms with Gasteiger partial charge >= 0.3 is 0 Å². The van der Waals surface area contributed by atoms with Gasteiger partial charge in [-0.1, -0.05) is 45.9 Å². The number of hydrogen-bond acceptors (Lipinski definition) is 20. The van der Waals surface area contributed by atoms with Gasteiger partial charge in [0, 0.05) is 60.6 Å². The van der Waals surface area contributed by atoms with Gasteiger partial charge in [-0.3, -0.25) is 67.1 Å². The van der Waals surface area contributed by atoms with E-state index in [2.05, 4.69) is 47.9 Å². The molecular formula is C61H93N15O16S3. The van der Waals surface area contributed by atoms with E-state index < -0.39 is 175 Å². The summed E-state index contributed by atoms with van der Waals surface area (Å²) in [5.41, 5.74) is 18.9. The highest BCUT2D eigenvalue weighted by molar-refractivity contribution is 7.99. The van der Waals surface area contributed by atoms with E-state index in [0.717, 1.165) is 4.90 Å². The van der Waals surface area contributed by atoms with E-state index in [1.165, 1.54) is 52.0 Å². The number of fused-ring (bicyclic) bond motifs is 8. The monoisotopic (exact) mass is 1390 g/mol. The zero-order valence-electron chi connectivity index (χ0n) is 54.3. The van der Waals surface area contributed by atoms with Gasteiger partial charge in [-0.15, -0.1) is 0 Å². The van der Waals surface area contributed by atoms with E-state index in [1.807, 2.05) is 32.0 Å². The van der Waals surface area contributed by atoms with Gasteiger partial charge in [0.25, 0.3) is 0 Å². The molecule has 0 aromatic heterocycles. The second-order valence-corrected chi connectivity index (χ2v) is 28.5. The largest absolute Gasteiger partial charge is 0.394 e. The van der Waals surface area contributed by atoms with Gasteiger partial charge in [0.1, 0.15) is 66.5 Å². The van der Waals surface area contributed by atoms with Gasteiger partial charge in [0.15, 0.2) is 0 Å². The quantitative estimate of drug-likeness (QED) is 0.0836. The summed E-state index contributed by atoms with van der Waals surface area (Å²) in [6.07, 6.45) is 0.894. The maximum atomic E-state index is 14.9. The Kier molecular flexibility index (Phi) is 29.7. The van der Waals surface area contributed by atoms with E-state index in [1.54, 1.807) is 13.8 Å². The standard InChI is InChI=1S/C61H93N15O16S3/c1-31(2)17-38-53(84)66-37(12-13-48(63)79)52(83)68-39(18-32(3)4)59(90)76-16-8-11-47(76)61(92)75-15-7-10-46(75)58(89)73-44-30-95-27-36-20-34(19-35(21-36)26-94-29-43(55(86)67-38)71-50(81)33(5)62)25-93-28-42(51(82)65-22-49(64)80)72-57(88)45-9-6-14-74(45)60(91)41(24-78)70-54(85)40(23-77)69-56(44)87/h19-21,31-33,37-47,77-78H,6-18,22-30,62H2,1-5H3,(H2,63,79)(H2,64,80)(H,65,82)(H,66,84)(H,67,86)(H,68,83)(H,69,87)(H,70,85)(H,71,81)(H,72,88)(H,73,89)/t33-,37-,38-,39-,40-,41-,42-,43-,44-,45-,46-,47-/m0/s1. The van der Waals surface area contributed by atoms with Crippen LogP contribution in [-0.2, 0) is 84.4 Å². The third-order valence-corrected chi connectivity index (χ3v) is 19.9. The number of aliphatic hydroxyl groups excluding tert-OH is 2. The first-order valence-corrected chi connectivity index (χ1v) is 35.6. The molecule has 14 amide bonds. The van der Waals surface area contributed by atoms with Crippen molar-refractivity contribution in [3.05, 3.63) is 34.9 Å². The topological polar surface area (TPSA) is 475 Å². The molecule has 0 aliphatic carbocycles. The van der Waals surface area contributed by atoms with Gasteiger partial charge in [0.05, 0.1) is 25.8 Å². The molecule has 95 heavy (non-hydrogen) atoms. The Hall–Kier alpha value is -7.27. The molecule has 5 heterocycles. The summed E-state index contributed by atoms with van der Waals surface area (Å²) >= 11 is 3.62. The maximum Gasteiger partial charge on any atom is 0.248 e. The Labute approximate surface area is 564 Å². The molecule has 5 aliphatic rings. The van der Waals surface area contributed by atoms with Crippen molar-refractivity contribution in [2.24, 2.45) is 29.0 Å². The fraction of sp³-hybridized carbons (Fsp3) is 0.672. The van der Waals surface area contributed by atoms with E-state index in [9.17, 15) is 77.3 Å². The smallest absolute Gasteiger partial charge is 0.248 e. The van der Waals surface area contributed by atoms with Crippen LogP contribution in [0, 0.1) is 11.8 Å². The Morgan fingerprint density at radius 3 is 1.53 bits per heavy atom. The number of carbonyl (C=O) groups is 14. The number of primary amides is 2. The van der Waals surface area contributed by atoms with Crippen LogP contribution in [0.5, 0.6) is 0 Å². The molecule has 0 saturated carbocycles. The van der Waals surface area contributed by atoms with Crippen LogP contribution in [0.4, 0.5) is 0 Å². The highest BCUT2D eigenvalue weighted by Crippen LogP contribution is 2.29. The molecule has 31 nitrogen and oxygen atoms in total. The molecule has 17 N–H and O–H groups in total. The molecule has 12 atom stereocenters. The zero-order valence-corrected chi connectivity index (χ0v) is 56.7. The molecule has 5 aliphatic heterocycles. The summed E-state index contributed by atoms with van der Waals surface area (Å²) in [5.74, 6) is -11.5. The number of nitrogens with two attached hydrogens (primary N) is 3. The van der Waals surface area contributed by atoms with E-state index in [0.29, 0.717) is 36.0 Å². The third-order valence-electron chi connectivity index (χ3n) is 16.6. The number of thioether (sulfide) groups is 3. The van der Waals surface area contributed by atoms with E-state index in [-0.39, 0.29) is 111 Å². The number of amides is 14. The highest BCUT2D eigenvalue weighted by Gasteiger charge is 2.46. The minimum absolute atomic E-state index is 0.00123. The van der Waals surface area contributed by atoms with Crippen LogP contribution in [0.15, 0.2) is 18.2 Å². The van der Waals surface area contributed by atoms with Crippen LogP contribution >= 0.6 is 35.3 Å². The first kappa shape index (κ1) is 76.7. The van der Waals surface area contributed by atoms with Crippen molar-refractivity contribution in [1.29, 1.82) is 0 Å². The molecule has 1 aromatic rings. The van der Waals surface area contributed by atoms with E-state index >= 15 is 0 Å². The minimum Gasteiger partial charge on any atom is -0.394 e. The maximum absolute atomic E-state index is 14.9. The van der Waals surface area contributed by atoms with Crippen LogP contribution in [0.2, 0.25) is 0 Å². The lowest BCUT2D eigenvalue weighted by molar-refractivity contribution is -0.148. The molecule has 526 valence electrons. The van der Waals surface area contributed by atoms with Crippen molar-refractivity contribution in [2.75, 3.05) is 56.7 Å². The second kappa shape index (κ2) is 36.7. The Morgan fingerprint density at radius 1 is 0.526 bits per heavy atom. The predicted octanol–water partition coefficient (Wildman–Crippen LogP) is -4.44. The van der Waals surface area contributed by atoms with E-state index in [4.69, 9.17) is 17.2 Å². The summed E-state index contributed by atoms with van der Waals surface area (Å²) in [5, 5.41) is 44.7. The number of benzene rings is 1.